The lowest BCUT2D eigenvalue weighted by atomic mass is 10.2. The highest BCUT2D eigenvalue weighted by Gasteiger charge is 2.16. The zero-order valence-corrected chi connectivity index (χ0v) is 15.0. The van der Waals surface area contributed by atoms with Crippen molar-refractivity contribution in [1.82, 2.24) is 10.2 Å². The monoisotopic (exact) mass is 336 g/mol. The summed E-state index contributed by atoms with van der Waals surface area (Å²) in [5, 5.41) is 2.80. The summed E-state index contributed by atoms with van der Waals surface area (Å²) in [5.74, 6) is 1.42. The number of carbonyl (C=O) groups excluding carboxylic acids is 2. The predicted octanol–water partition coefficient (Wildman–Crippen LogP) is 2.23. The van der Waals surface area contributed by atoms with Crippen molar-refractivity contribution in [2.75, 3.05) is 26.8 Å². The van der Waals surface area contributed by atoms with Crippen LogP contribution in [0.4, 0.5) is 0 Å². The number of amides is 2. The van der Waals surface area contributed by atoms with Crippen LogP contribution in [0.25, 0.3) is 0 Å². The Kier molecular flexibility index (Phi) is 8.68. The van der Waals surface area contributed by atoms with Gasteiger partial charge in [0.05, 0.1) is 13.7 Å². The summed E-state index contributed by atoms with van der Waals surface area (Å²) in [6.45, 7) is 6.80. The molecule has 0 aliphatic carbocycles. The minimum atomic E-state index is -0.0807. The van der Waals surface area contributed by atoms with Crippen molar-refractivity contribution >= 4 is 11.8 Å². The van der Waals surface area contributed by atoms with Gasteiger partial charge in [-0.3, -0.25) is 9.59 Å². The summed E-state index contributed by atoms with van der Waals surface area (Å²) >= 11 is 0. The smallest absolute Gasteiger partial charge is 0.221 e. The first-order valence-corrected chi connectivity index (χ1v) is 8.28. The predicted molar refractivity (Wildman–Crippen MR) is 93.3 cm³/mol. The minimum Gasteiger partial charge on any atom is -0.497 e. The van der Waals surface area contributed by atoms with Crippen molar-refractivity contribution in [3.8, 4) is 11.5 Å². The summed E-state index contributed by atoms with van der Waals surface area (Å²) in [6.07, 6.45) is 1.17. The number of nitrogens with zero attached hydrogens (tertiary/aromatic N) is 1. The summed E-state index contributed by atoms with van der Waals surface area (Å²) in [7, 11) is 1.61. The van der Waals surface area contributed by atoms with E-state index in [0.29, 0.717) is 26.1 Å². The lowest BCUT2D eigenvalue weighted by molar-refractivity contribution is -0.131. The third-order valence-corrected chi connectivity index (χ3v) is 3.86. The summed E-state index contributed by atoms with van der Waals surface area (Å²) in [6, 6.07) is 7.42. The molecule has 1 N–H and O–H groups in total. The zero-order valence-electron chi connectivity index (χ0n) is 15.0. The molecule has 0 saturated heterocycles. The van der Waals surface area contributed by atoms with Crippen LogP contribution in [-0.4, -0.2) is 49.6 Å². The van der Waals surface area contributed by atoms with Gasteiger partial charge in [-0.05, 0) is 37.6 Å². The molecule has 0 aromatic heterocycles. The second-order valence-corrected chi connectivity index (χ2v) is 5.59. The molecule has 24 heavy (non-hydrogen) atoms. The van der Waals surface area contributed by atoms with Gasteiger partial charge in [-0.2, -0.15) is 0 Å². The molecule has 1 aromatic carbocycles. The zero-order chi connectivity index (χ0) is 17.9. The van der Waals surface area contributed by atoms with Crippen LogP contribution in [0.15, 0.2) is 24.3 Å². The van der Waals surface area contributed by atoms with Crippen molar-refractivity contribution in [3.05, 3.63) is 24.3 Å². The maximum Gasteiger partial charge on any atom is 0.221 e. The van der Waals surface area contributed by atoms with Gasteiger partial charge in [-0.1, -0.05) is 6.92 Å². The normalized spacial score (nSPS) is 11.5. The second kappa shape index (κ2) is 10.5. The molecule has 0 radical (unpaired) electrons. The molecule has 1 rings (SSSR count). The highest BCUT2D eigenvalue weighted by atomic mass is 16.5. The van der Waals surface area contributed by atoms with E-state index in [9.17, 15) is 9.59 Å². The van der Waals surface area contributed by atoms with Crippen LogP contribution in [0.1, 0.15) is 33.6 Å². The molecular formula is C18H28N2O4. The third-order valence-electron chi connectivity index (χ3n) is 3.86. The van der Waals surface area contributed by atoms with Gasteiger partial charge in [0, 0.05) is 25.9 Å². The molecule has 0 bridgehead atoms. The van der Waals surface area contributed by atoms with Crippen LogP contribution >= 0.6 is 0 Å². The second-order valence-electron chi connectivity index (χ2n) is 5.59. The quantitative estimate of drug-likeness (QED) is 0.665. The highest BCUT2D eigenvalue weighted by Crippen LogP contribution is 2.16. The Morgan fingerprint density at radius 2 is 1.83 bits per heavy atom. The van der Waals surface area contributed by atoms with Gasteiger partial charge < -0.3 is 19.7 Å². The van der Waals surface area contributed by atoms with Gasteiger partial charge >= 0.3 is 0 Å². The Hall–Kier alpha value is -2.24. The van der Waals surface area contributed by atoms with Gasteiger partial charge in [0.1, 0.15) is 18.1 Å². The number of carbonyl (C=O) groups is 2. The number of ether oxygens (including phenoxy) is 2. The fourth-order valence-electron chi connectivity index (χ4n) is 2.25. The number of nitrogens with one attached hydrogen (secondary N) is 1. The largest absolute Gasteiger partial charge is 0.497 e. The topological polar surface area (TPSA) is 67.9 Å². The Labute approximate surface area is 144 Å². The standard InChI is InChI=1S/C18H28N2O4/c1-5-14(2)20(15(3)21)12-10-18(22)19-11-13-24-17-8-6-16(23-4)7-9-17/h6-9,14H,5,10-13H2,1-4H3,(H,19,22). The molecule has 0 saturated carbocycles. The lowest BCUT2D eigenvalue weighted by Crippen LogP contribution is -2.40. The van der Waals surface area contributed by atoms with Crippen molar-refractivity contribution < 1.29 is 19.1 Å². The molecule has 1 atom stereocenters. The van der Waals surface area contributed by atoms with Gasteiger partial charge in [0.2, 0.25) is 11.8 Å². The fraction of sp³-hybridized carbons (Fsp3) is 0.556. The minimum absolute atomic E-state index is 0.0000101. The first kappa shape index (κ1) is 19.8. The molecule has 0 heterocycles. The first-order chi connectivity index (χ1) is 11.5. The van der Waals surface area contributed by atoms with Crippen LogP contribution in [0, 0.1) is 0 Å². The molecule has 0 aliphatic heterocycles. The molecule has 134 valence electrons. The van der Waals surface area contributed by atoms with Crippen molar-refractivity contribution in [2.24, 2.45) is 0 Å². The van der Waals surface area contributed by atoms with Gasteiger partial charge in [0.25, 0.3) is 0 Å². The fourth-order valence-corrected chi connectivity index (χ4v) is 2.25. The van der Waals surface area contributed by atoms with E-state index in [1.165, 1.54) is 6.92 Å². The number of rotatable bonds is 10. The highest BCUT2D eigenvalue weighted by molar-refractivity contribution is 5.78. The van der Waals surface area contributed by atoms with E-state index >= 15 is 0 Å². The molecule has 6 nitrogen and oxygen atoms in total. The van der Waals surface area contributed by atoms with Crippen molar-refractivity contribution in [2.45, 2.75) is 39.7 Å². The summed E-state index contributed by atoms with van der Waals surface area (Å²) in [5.41, 5.74) is 0. The molecule has 0 fully saturated rings. The van der Waals surface area contributed by atoms with Gasteiger partial charge in [-0.15, -0.1) is 0 Å². The average molecular weight is 336 g/mol. The van der Waals surface area contributed by atoms with Crippen LogP contribution < -0.4 is 14.8 Å². The third kappa shape index (κ3) is 6.89. The van der Waals surface area contributed by atoms with E-state index in [0.717, 1.165) is 17.9 Å². The Bertz CT molecular complexity index is 516. The van der Waals surface area contributed by atoms with Crippen molar-refractivity contribution in [1.29, 1.82) is 0 Å². The van der Waals surface area contributed by atoms with Gasteiger partial charge in [-0.25, -0.2) is 0 Å². The van der Waals surface area contributed by atoms with Gasteiger partial charge in [0.15, 0.2) is 0 Å². The molecule has 0 aliphatic rings. The Balaban J connectivity index is 2.24. The maximum atomic E-state index is 11.9. The van der Waals surface area contributed by atoms with E-state index in [1.807, 2.05) is 38.1 Å². The molecule has 0 spiro atoms. The van der Waals surface area contributed by atoms with E-state index in [1.54, 1.807) is 12.0 Å². The lowest BCUT2D eigenvalue weighted by Gasteiger charge is -2.27. The van der Waals surface area contributed by atoms with E-state index in [-0.39, 0.29) is 17.9 Å². The number of benzene rings is 1. The van der Waals surface area contributed by atoms with E-state index in [2.05, 4.69) is 5.32 Å². The first-order valence-electron chi connectivity index (χ1n) is 8.28. The molecule has 1 aromatic rings. The van der Waals surface area contributed by atoms with E-state index < -0.39 is 0 Å². The van der Waals surface area contributed by atoms with Crippen LogP contribution in [0.5, 0.6) is 11.5 Å². The molecule has 2 amide bonds. The SMILES string of the molecule is CCC(C)N(CCC(=O)NCCOc1ccc(OC)cc1)C(C)=O. The number of methoxy groups -OCH3 is 1. The average Bonchev–Trinajstić information content (AvgIpc) is 2.58. The molecular weight excluding hydrogens is 308 g/mol. The number of hydrogen-bond donors (Lipinski definition) is 1. The maximum absolute atomic E-state index is 11.9. The molecule has 1 unspecified atom stereocenters. The van der Waals surface area contributed by atoms with Crippen LogP contribution in [0.3, 0.4) is 0 Å². The number of hydrogen-bond acceptors (Lipinski definition) is 4. The Morgan fingerprint density at radius 3 is 2.38 bits per heavy atom. The summed E-state index contributed by atoms with van der Waals surface area (Å²) < 4.78 is 10.6. The van der Waals surface area contributed by atoms with Crippen molar-refractivity contribution in [3.63, 3.8) is 0 Å². The van der Waals surface area contributed by atoms with E-state index in [4.69, 9.17) is 9.47 Å². The van der Waals surface area contributed by atoms with Crippen LogP contribution in [0.2, 0.25) is 0 Å². The van der Waals surface area contributed by atoms with Crippen LogP contribution in [-0.2, 0) is 9.59 Å². The molecule has 6 heteroatoms. The Morgan fingerprint density at radius 1 is 1.21 bits per heavy atom. The summed E-state index contributed by atoms with van der Waals surface area (Å²) in [4.78, 5) is 25.2.